The second-order valence-corrected chi connectivity index (χ2v) is 2.41. The van der Waals surface area contributed by atoms with Gasteiger partial charge in [-0.1, -0.05) is 26.7 Å². The second-order valence-electron chi connectivity index (χ2n) is 2.41. The van der Waals surface area contributed by atoms with E-state index in [9.17, 15) is 19.5 Å². The average molecular weight is 259 g/mol. The third-order valence-corrected chi connectivity index (χ3v) is 1.24. The number of hydrogen-bond donors (Lipinski definition) is 1. The van der Waals surface area contributed by atoms with Crippen LogP contribution >= 0.6 is 0 Å². The van der Waals surface area contributed by atoms with Crippen molar-refractivity contribution in [2.45, 2.75) is 26.7 Å². The van der Waals surface area contributed by atoms with Gasteiger partial charge in [-0.25, -0.2) is 4.79 Å². The summed E-state index contributed by atoms with van der Waals surface area (Å²) in [7, 11) is 0. The third-order valence-electron chi connectivity index (χ3n) is 1.24. The summed E-state index contributed by atoms with van der Waals surface area (Å²) in [6.45, 7) is 4.36. The molecule has 6 nitrogen and oxygen atoms in total. The van der Waals surface area contributed by atoms with Gasteiger partial charge in [-0.15, -0.1) is 0 Å². The molecular formula is C9H11NNa2O5. The van der Waals surface area contributed by atoms with Crippen molar-refractivity contribution >= 4 is 23.6 Å². The zero-order valence-corrected chi connectivity index (χ0v) is 14.4. The van der Waals surface area contributed by atoms with Crippen molar-refractivity contribution < 1.29 is 83.7 Å². The Bertz CT molecular complexity index is 309. The van der Waals surface area contributed by atoms with E-state index >= 15 is 0 Å². The Labute approximate surface area is 144 Å². The Kier molecular flexibility index (Phi) is 24.4. The molecule has 0 bridgehead atoms. The fraction of sp³-hybridized carbons (Fsp3) is 0.444. The number of carboxylic acids is 2. The molecule has 0 saturated heterocycles. The molecule has 0 fully saturated rings. The molecule has 0 saturated carbocycles. The summed E-state index contributed by atoms with van der Waals surface area (Å²) in [5, 5.41) is 25.7. The number of carbonyl (C=O) groups excluding carboxylic acids is 2. The Morgan fingerprint density at radius 2 is 1.53 bits per heavy atom. The van der Waals surface area contributed by atoms with Gasteiger partial charge >= 0.3 is 65.1 Å². The average Bonchev–Trinajstić information content (AvgIpc) is 2.18. The number of ketones is 1. The molecule has 0 aliphatic rings. The van der Waals surface area contributed by atoms with Gasteiger partial charge in [0.2, 0.25) is 0 Å². The maximum Gasteiger partial charge on any atom is 1.00 e. The van der Waals surface area contributed by atoms with Crippen molar-refractivity contribution in [3.05, 3.63) is 11.0 Å². The minimum atomic E-state index is -2.08. The van der Waals surface area contributed by atoms with E-state index in [0.717, 1.165) is 5.87 Å². The molecule has 0 unspecified atom stereocenters. The molecule has 0 rings (SSSR count). The quantitative estimate of drug-likeness (QED) is 0.134. The van der Waals surface area contributed by atoms with Crippen LogP contribution in [0.15, 0.2) is 5.57 Å². The zero-order chi connectivity index (χ0) is 12.4. The number of unbranched alkanes of at least 4 members (excludes halogenated alkanes) is 1. The van der Waals surface area contributed by atoms with Gasteiger partial charge in [0.25, 0.3) is 5.78 Å². The number of hydrogen-bond acceptors (Lipinski definition) is 4. The Morgan fingerprint density at radius 1 is 1.18 bits per heavy atom. The van der Waals surface area contributed by atoms with E-state index in [1.807, 2.05) is 0 Å². The van der Waals surface area contributed by atoms with Gasteiger partial charge in [0.1, 0.15) is 0 Å². The first kappa shape index (κ1) is 25.8. The Hall–Kier alpha value is 0.0600. The van der Waals surface area contributed by atoms with Gasteiger partial charge in [-0.2, -0.15) is 0 Å². The smallest absolute Gasteiger partial charge is 0.763 e. The molecule has 0 heterocycles. The van der Waals surface area contributed by atoms with Crippen molar-refractivity contribution in [2.24, 2.45) is 0 Å². The molecule has 84 valence electrons. The molecule has 0 aromatic carbocycles. The predicted molar refractivity (Wildman–Crippen MR) is 50.1 cm³/mol. The standard InChI is InChI=1S/C5H2NO5.C4H10.2Na/c6-1-2(4(8)9)3(7)5(10)11;1-3-4-2;;/h(H,8,9)(H,10,11);3-4H2,1-2H3;;/q-1;;2*+1/p-1. The number of carbonyl (C=O) groups is 3. The van der Waals surface area contributed by atoms with E-state index in [0.29, 0.717) is 0 Å². The van der Waals surface area contributed by atoms with Gasteiger partial charge in [-0.3, -0.25) is 10.7 Å². The van der Waals surface area contributed by atoms with E-state index in [-0.39, 0.29) is 59.1 Å². The van der Waals surface area contributed by atoms with Crippen LogP contribution in [0.3, 0.4) is 0 Å². The van der Waals surface area contributed by atoms with Crippen LogP contribution in [0.2, 0.25) is 0 Å². The third kappa shape index (κ3) is 14.0. The summed E-state index contributed by atoms with van der Waals surface area (Å²) in [6.07, 6.45) is 2.64. The topological polar surface area (TPSA) is 117 Å². The summed E-state index contributed by atoms with van der Waals surface area (Å²) in [6, 6.07) is 0. The molecule has 0 spiro atoms. The van der Waals surface area contributed by atoms with Gasteiger partial charge in [0.05, 0.1) is 11.5 Å². The maximum absolute atomic E-state index is 10.2. The first-order valence-electron chi connectivity index (χ1n) is 4.18. The first-order valence-corrected chi connectivity index (χ1v) is 4.18. The summed E-state index contributed by atoms with van der Waals surface area (Å²) >= 11 is 0. The molecule has 1 N–H and O–H groups in total. The minimum Gasteiger partial charge on any atom is -0.763 e. The molecule has 0 aliphatic carbocycles. The molecule has 0 aromatic heterocycles. The van der Waals surface area contributed by atoms with Crippen LogP contribution < -0.4 is 64.2 Å². The first-order chi connectivity index (χ1) is 6.92. The fourth-order valence-corrected chi connectivity index (χ4v) is 0.296. The van der Waals surface area contributed by atoms with Crippen LogP contribution in [0.1, 0.15) is 26.7 Å². The molecule has 0 radical (unpaired) electrons. The van der Waals surface area contributed by atoms with Crippen LogP contribution in [-0.4, -0.2) is 28.7 Å². The SMILES string of the molecule is CCCC.[N-]=C=C(C(=O)[O-])C(=O)C(=O)O.[Na+].[Na+]. The minimum absolute atomic E-state index is 0. The molecule has 0 amide bonds. The van der Waals surface area contributed by atoms with Crippen molar-refractivity contribution in [2.75, 3.05) is 0 Å². The van der Waals surface area contributed by atoms with Crippen molar-refractivity contribution in [1.29, 1.82) is 0 Å². The molecule has 17 heavy (non-hydrogen) atoms. The van der Waals surface area contributed by atoms with E-state index in [1.54, 1.807) is 0 Å². The number of aliphatic carboxylic acids is 2. The van der Waals surface area contributed by atoms with Crippen molar-refractivity contribution in [3.8, 4) is 0 Å². The normalized spacial score (nSPS) is 6.94. The molecule has 8 heteroatoms. The predicted octanol–water partition coefficient (Wildman–Crippen LogP) is -6.63. The van der Waals surface area contributed by atoms with Crippen LogP contribution in [-0.2, 0) is 14.4 Å². The van der Waals surface area contributed by atoms with Crippen LogP contribution in [0, 0.1) is 0 Å². The summed E-state index contributed by atoms with van der Waals surface area (Å²) in [5.41, 5.74) is -1.41. The van der Waals surface area contributed by atoms with E-state index in [2.05, 4.69) is 13.8 Å². The number of carboxylic acid groups (broad SMARTS) is 2. The monoisotopic (exact) mass is 259 g/mol. The fourth-order valence-electron chi connectivity index (χ4n) is 0.296. The van der Waals surface area contributed by atoms with Crippen LogP contribution in [0.4, 0.5) is 0 Å². The number of rotatable bonds is 4. The van der Waals surface area contributed by atoms with Gasteiger partial charge < -0.3 is 20.4 Å². The van der Waals surface area contributed by atoms with E-state index in [4.69, 9.17) is 10.5 Å². The van der Waals surface area contributed by atoms with Crippen LogP contribution in [0.25, 0.3) is 5.41 Å². The van der Waals surface area contributed by atoms with Crippen molar-refractivity contribution in [1.82, 2.24) is 0 Å². The van der Waals surface area contributed by atoms with Gasteiger partial charge in [-0.05, 0) is 0 Å². The molecule has 0 aliphatic heterocycles. The molecular weight excluding hydrogens is 248 g/mol. The maximum atomic E-state index is 10.2. The molecule has 0 aromatic rings. The zero-order valence-electron chi connectivity index (χ0n) is 10.4. The largest absolute Gasteiger partial charge is 1.00 e. The van der Waals surface area contributed by atoms with E-state index in [1.165, 1.54) is 12.8 Å². The number of Topliss-reactive ketones (excluding diaryl/α,β-unsaturated/α-hetero) is 1. The summed E-state index contributed by atoms with van der Waals surface area (Å²) < 4.78 is 0. The van der Waals surface area contributed by atoms with E-state index < -0.39 is 23.3 Å². The second kappa shape index (κ2) is 16.1. The Balaban J connectivity index is -0.000000123. The van der Waals surface area contributed by atoms with Crippen molar-refractivity contribution in [3.63, 3.8) is 0 Å². The summed E-state index contributed by atoms with van der Waals surface area (Å²) in [5.74, 6) is -4.94. The van der Waals surface area contributed by atoms with Gasteiger partial charge in [0.15, 0.2) is 0 Å². The Morgan fingerprint density at radius 3 is 1.59 bits per heavy atom. The van der Waals surface area contributed by atoms with Gasteiger partial charge in [0, 0.05) is 0 Å². The van der Waals surface area contributed by atoms with Crippen LogP contribution in [0.5, 0.6) is 0 Å². The summed E-state index contributed by atoms with van der Waals surface area (Å²) in [4.78, 5) is 29.8. The number of nitrogens with zero attached hydrogens (tertiary/aromatic N) is 1. The molecule has 0 atom stereocenters.